The molecule has 0 saturated heterocycles. The standard InChI is InChI=1S/C7H15NO/c1-6(8)4-3-5-7(2)9/h6H,3-5,8H2,1-2H3. The van der Waals surface area contributed by atoms with Crippen LogP contribution in [0.2, 0.25) is 0 Å². The lowest BCUT2D eigenvalue weighted by molar-refractivity contribution is -0.117. The van der Waals surface area contributed by atoms with Gasteiger partial charge in [0.2, 0.25) is 0 Å². The molecular weight excluding hydrogens is 114 g/mol. The Labute approximate surface area is 56.4 Å². The van der Waals surface area contributed by atoms with Crippen molar-refractivity contribution in [2.24, 2.45) is 5.73 Å². The highest BCUT2D eigenvalue weighted by atomic mass is 16.1. The summed E-state index contributed by atoms with van der Waals surface area (Å²) in [5, 5.41) is 0. The normalized spacial score (nSPS) is 13.2. The number of hydrogen-bond acceptors (Lipinski definition) is 2. The quantitative estimate of drug-likeness (QED) is 0.617. The lowest BCUT2D eigenvalue weighted by atomic mass is 10.1. The van der Waals surface area contributed by atoms with Crippen molar-refractivity contribution < 1.29 is 4.79 Å². The van der Waals surface area contributed by atoms with E-state index >= 15 is 0 Å². The summed E-state index contributed by atoms with van der Waals surface area (Å²) in [7, 11) is 0. The molecule has 0 aromatic carbocycles. The van der Waals surface area contributed by atoms with Gasteiger partial charge in [0.15, 0.2) is 0 Å². The Morgan fingerprint density at radius 2 is 2.22 bits per heavy atom. The van der Waals surface area contributed by atoms with Crippen LogP contribution < -0.4 is 5.73 Å². The zero-order valence-electron chi connectivity index (χ0n) is 6.18. The third-order valence-electron chi connectivity index (χ3n) is 1.19. The molecule has 0 bridgehead atoms. The topological polar surface area (TPSA) is 43.1 Å². The fourth-order valence-corrected chi connectivity index (χ4v) is 0.673. The zero-order valence-corrected chi connectivity index (χ0v) is 6.18. The van der Waals surface area contributed by atoms with E-state index in [1.54, 1.807) is 6.92 Å². The van der Waals surface area contributed by atoms with Gasteiger partial charge in [-0.2, -0.15) is 0 Å². The van der Waals surface area contributed by atoms with Gasteiger partial charge in [-0.15, -0.1) is 0 Å². The molecule has 2 N–H and O–H groups in total. The Morgan fingerprint density at radius 3 is 2.56 bits per heavy atom. The van der Waals surface area contributed by atoms with Crippen molar-refractivity contribution in [2.45, 2.75) is 39.2 Å². The highest BCUT2D eigenvalue weighted by Crippen LogP contribution is 1.97. The lowest BCUT2D eigenvalue weighted by Crippen LogP contribution is -2.14. The Morgan fingerprint density at radius 1 is 1.67 bits per heavy atom. The fourth-order valence-electron chi connectivity index (χ4n) is 0.673. The molecule has 0 amide bonds. The van der Waals surface area contributed by atoms with Crippen molar-refractivity contribution in [1.82, 2.24) is 0 Å². The summed E-state index contributed by atoms with van der Waals surface area (Å²) in [5.74, 6) is 0.260. The number of carbonyl (C=O) groups excluding carboxylic acids is 1. The van der Waals surface area contributed by atoms with Gasteiger partial charge in [-0.25, -0.2) is 0 Å². The zero-order chi connectivity index (χ0) is 7.28. The van der Waals surface area contributed by atoms with Gasteiger partial charge < -0.3 is 10.5 Å². The van der Waals surface area contributed by atoms with E-state index in [1.165, 1.54) is 0 Å². The van der Waals surface area contributed by atoms with E-state index in [9.17, 15) is 4.79 Å². The number of nitrogens with two attached hydrogens (primary N) is 1. The molecular formula is C7H15NO. The first-order chi connectivity index (χ1) is 4.13. The molecule has 2 nitrogen and oxygen atoms in total. The lowest BCUT2D eigenvalue weighted by Gasteiger charge is -2.00. The maximum absolute atomic E-state index is 10.4. The van der Waals surface area contributed by atoms with Crippen LogP contribution in [0.1, 0.15) is 33.1 Å². The highest BCUT2D eigenvalue weighted by molar-refractivity contribution is 5.75. The predicted octanol–water partition coefficient (Wildman–Crippen LogP) is 1.09. The molecule has 1 unspecified atom stereocenters. The van der Waals surface area contributed by atoms with E-state index < -0.39 is 0 Å². The molecule has 2 heteroatoms. The maximum Gasteiger partial charge on any atom is 0.129 e. The average Bonchev–Trinajstić information content (AvgIpc) is 1.63. The minimum absolute atomic E-state index is 0.240. The van der Waals surface area contributed by atoms with Crippen molar-refractivity contribution >= 4 is 5.78 Å². The first kappa shape index (κ1) is 8.63. The Kier molecular flexibility index (Phi) is 4.32. The molecule has 0 spiro atoms. The van der Waals surface area contributed by atoms with Gasteiger partial charge >= 0.3 is 0 Å². The van der Waals surface area contributed by atoms with Gasteiger partial charge in [0.05, 0.1) is 0 Å². The van der Waals surface area contributed by atoms with Gasteiger partial charge in [0, 0.05) is 12.5 Å². The third-order valence-corrected chi connectivity index (χ3v) is 1.19. The average molecular weight is 129 g/mol. The van der Waals surface area contributed by atoms with E-state index in [-0.39, 0.29) is 11.8 Å². The van der Waals surface area contributed by atoms with E-state index in [0.717, 1.165) is 12.8 Å². The summed E-state index contributed by atoms with van der Waals surface area (Å²) in [4.78, 5) is 10.4. The molecule has 0 aromatic rings. The molecule has 0 fully saturated rings. The Balaban J connectivity index is 3.01. The molecule has 1 atom stereocenters. The van der Waals surface area contributed by atoms with Crippen LogP contribution in [0.5, 0.6) is 0 Å². The monoisotopic (exact) mass is 129 g/mol. The minimum Gasteiger partial charge on any atom is -0.328 e. The molecule has 0 aliphatic carbocycles. The molecule has 0 radical (unpaired) electrons. The van der Waals surface area contributed by atoms with Crippen LogP contribution in [-0.2, 0) is 4.79 Å². The van der Waals surface area contributed by atoms with Gasteiger partial charge in [0.25, 0.3) is 0 Å². The van der Waals surface area contributed by atoms with Crippen molar-refractivity contribution in [2.75, 3.05) is 0 Å². The van der Waals surface area contributed by atoms with Gasteiger partial charge in [-0.1, -0.05) is 0 Å². The molecule has 9 heavy (non-hydrogen) atoms. The number of Topliss-reactive ketones (excluding diaryl/α,β-unsaturated/α-hetero) is 1. The summed E-state index contributed by atoms with van der Waals surface area (Å²) in [6.07, 6.45) is 2.58. The Hall–Kier alpha value is -0.370. The smallest absolute Gasteiger partial charge is 0.129 e. The highest BCUT2D eigenvalue weighted by Gasteiger charge is 1.95. The molecule has 0 heterocycles. The number of carbonyl (C=O) groups is 1. The van der Waals surface area contributed by atoms with Gasteiger partial charge in [0.1, 0.15) is 5.78 Å². The van der Waals surface area contributed by atoms with Gasteiger partial charge in [-0.05, 0) is 26.7 Å². The van der Waals surface area contributed by atoms with Crippen LogP contribution >= 0.6 is 0 Å². The van der Waals surface area contributed by atoms with Crippen molar-refractivity contribution in [3.05, 3.63) is 0 Å². The fraction of sp³-hybridized carbons (Fsp3) is 0.857. The van der Waals surface area contributed by atoms with E-state index in [0.29, 0.717) is 6.42 Å². The minimum atomic E-state index is 0.240. The molecule has 0 saturated carbocycles. The molecule has 0 aliphatic rings. The van der Waals surface area contributed by atoms with Crippen LogP contribution in [0.3, 0.4) is 0 Å². The summed E-state index contributed by atoms with van der Waals surface area (Å²) in [6, 6.07) is 0.240. The van der Waals surface area contributed by atoms with Crippen LogP contribution in [0.25, 0.3) is 0 Å². The Bertz CT molecular complexity index is 88.9. The van der Waals surface area contributed by atoms with Crippen molar-refractivity contribution in [1.29, 1.82) is 0 Å². The number of hydrogen-bond donors (Lipinski definition) is 1. The van der Waals surface area contributed by atoms with Crippen molar-refractivity contribution in [3.63, 3.8) is 0 Å². The van der Waals surface area contributed by atoms with Crippen LogP contribution in [0.15, 0.2) is 0 Å². The molecule has 0 aromatic heterocycles. The van der Waals surface area contributed by atoms with Crippen LogP contribution in [0, 0.1) is 0 Å². The van der Waals surface area contributed by atoms with Crippen LogP contribution in [0.4, 0.5) is 0 Å². The van der Waals surface area contributed by atoms with Crippen LogP contribution in [-0.4, -0.2) is 11.8 Å². The predicted molar refractivity (Wildman–Crippen MR) is 38.2 cm³/mol. The number of ketones is 1. The number of rotatable bonds is 4. The van der Waals surface area contributed by atoms with E-state index in [1.807, 2.05) is 6.92 Å². The molecule has 54 valence electrons. The largest absolute Gasteiger partial charge is 0.328 e. The molecule has 0 rings (SSSR count). The summed E-state index contributed by atoms with van der Waals surface area (Å²) < 4.78 is 0. The SMILES string of the molecule is CC(=O)CCCC(C)N. The summed E-state index contributed by atoms with van der Waals surface area (Å²) in [6.45, 7) is 3.57. The van der Waals surface area contributed by atoms with E-state index in [4.69, 9.17) is 5.73 Å². The van der Waals surface area contributed by atoms with Gasteiger partial charge in [-0.3, -0.25) is 0 Å². The van der Waals surface area contributed by atoms with E-state index in [2.05, 4.69) is 0 Å². The summed E-state index contributed by atoms with van der Waals surface area (Å²) in [5.41, 5.74) is 5.47. The first-order valence-electron chi connectivity index (χ1n) is 3.38. The maximum atomic E-state index is 10.4. The first-order valence-corrected chi connectivity index (χ1v) is 3.38. The third kappa shape index (κ3) is 7.63. The second kappa shape index (κ2) is 4.50. The molecule has 0 aliphatic heterocycles. The second-order valence-electron chi connectivity index (χ2n) is 2.57. The van der Waals surface area contributed by atoms with Crippen molar-refractivity contribution in [3.8, 4) is 0 Å². The summed E-state index contributed by atoms with van der Waals surface area (Å²) >= 11 is 0. The second-order valence-corrected chi connectivity index (χ2v) is 2.57.